The van der Waals surface area contributed by atoms with Crippen LogP contribution in [-0.2, 0) is 17.1 Å². The van der Waals surface area contributed by atoms with Gasteiger partial charge < -0.3 is 15.6 Å². The highest BCUT2D eigenvalue weighted by atomic mass is 32.2. The normalized spacial score (nSPS) is 19.7. The number of hydrogen-bond acceptors (Lipinski definition) is 4. The van der Waals surface area contributed by atoms with Crippen LogP contribution in [0, 0.1) is 5.92 Å². The lowest BCUT2D eigenvalue weighted by Gasteiger charge is -2.29. The summed E-state index contributed by atoms with van der Waals surface area (Å²) in [5, 5.41) is 2.74. The second-order valence-electron chi connectivity index (χ2n) is 6.18. The summed E-state index contributed by atoms with van der Waals surface area (Å²) in [5.74, 6) is 0.0793. The Labute approximate surface area is 137 Å². The number of piperidine rings is 1. The highest BCUT2D eigenvalue weighted by Gasteiger charge is 2.30. The molecule has 0 bridgehead atoms. The predicted molar refractivity (Wildman–Crippen MR) is 88.6 cm³/mol. The van der Waals surface area contributed by atoms with E-state index in [-0.39, 0.29) is 10.8 Å². The Morgan fingerprint density at radius 3 is 2.87 bits per heavy atom. The van der Waals surface area contributed by atoms with Gasteiger partial charge >= 0.3 is 0 Å². The maximum atomic E-state index is 12.7. The molecule has 0 radical (unpaired) electrons. The monoisotopic (exact) mass is 342 g/mol. The smallest absolute Gasteiger partial charge is 0.267 e. The second-order valence-corrected chi connectivity index (χ2v) is 8.12. The molecule has 0 spiro atoms. The van der Waals surface area contributed by atoms with E-state index in [9.17, 15) is 13.2 Å². The number of hydrogen-bond donors (Lipinski definition) is 2. The third-order valence-corrected chi connectivity index (χ3v) is 5.97. The van der Waals surface area contributed by atoms with Crippen LogP contribution < -0.4 is 11.1 Å². The van der Waals surface area contributed by atoms with E-state index in [2.05, 4.69) is 12.2 Å². The highest BCUT2D eigenvalue weighted by Crippen LogP contribution is 2.24. The van der Waals surface area contributed by atoms with Crippen LogP contribution in [0.25, 0.3) is 0 Å². The van der Waals surface area contributed by atoms with E-state index in [4.69, 9.17) is 5.73 Å². The van der Waals surface area contributed by atoms with Crippen LogP contribution in [0.3, 0.4) is 0 Å². The predicted octanol–water partition coefficient (Wildman–Crippen LogP) is 0.524. The highest BCUT2D eigenvalue weighted by molar-refractivity contribution is 7.89. The van der Waals surface area contributed by atoms with Crippen molar-refractivity contribution in [2.75, 3.05) is 26.2 Å². The first-order valence-electron chi connectivity index (χ1n) is 8.01. The fourth-order valence-corrected chi connectivity index (χ4v) is 4.48. The topological polar surface area (TPSA) is 97.4 Å². The summed E-state index contributed by atoms with van der Waals surface area (Å²) >= 11 is 0. The van der Waals surface area contributed by atoms with Gasteiger partial charge in [-0.3, -0.25) is 4.79 Å². The van der Waals surface area contributed by atoms with Crippen LogP contribution in [0.1, 0.15) is 36.7 Å². The van der Waals surface area contributed by atoms with Crippen molar-refractivity contribution >= 4 is 15.9 Å². The Balaban J connectivity index is 2.17. The van der Waals surface area contributed by atoms with Gasteiger partial charge in [-0.1, -0.05) is 6.92 Å². The molecule has 1 aromatic heterocycles. The van der Waals surface area contributed by atoms with Crippen LogP contribution in [0.15, 0.2) is 17.2 Å². The molecule has 1 atom stereocenters. The van der Waals surface area contributed by atoms with E-state index < -0.39 is 10.0 Å². The Bertz CT molecular complexity index is 654. The summed E-state index contributed by atoms with van der Waals surface area (Å²) in [6.07, 6.45) is 4.12. The average Bonchev–Trinajstić information content (AvgIpc) is 2.90. The number of carbonyl (C=O) groups is 1. The van der Waals surface area contributed by atoms with E-state index in [0.29, 0.717) is 44.2 Å². The number of aromatic nitrogens is 1. The lowest BCUT2D eigenvalue weighted by Crippen LogP contribution is -2.38. The number of carbonyl (C=O) groups excluding carboxylic acids is 1. The molecule has 1 aliphatic heterocycles. The maximum Gasteiger partial charge on any atom is 0.267 e. The van der Waals surface area contributed by atoms with E-state index in [1.165, 1.54) is 16.6 Å². The number of rotatable bonds is 6. The molecule has 0 aromatic carbocycles. The Morgan fingerprint density at radius 2 is 2.22 bits per heavy atom. The van der Waals surface area contributed by atoms with Crippen molar-refractivity contribution in [3.8, 4) is 0 Å². The van der Waals surface area contributed by atoms with Gasteiger partial charge in [-0.15, -0.1) is 0 Å². The molecule has 7 nitrogen and oxygen atoms in total. The SMILES string of the molecule is CC1CCCN(S(=O)(=O)c2cc(C(=O)NCCCN)n(C)c2)C1. The quantitative estimate of drug-likeness (QED) is 0.737. The van der Waals surface area contributed by atoms with Crippen molar-refractivity contribution < 1.29 is 13.2 Å². The molecule has 0 aliphatic carbocycles. The molecule has 2 rings (SSSR count). The third kappa shape index (κ3) is 4.13. The van der Waals surface area contributed by atoms with Crippen LogP contribution >= 0.6 is 0 Å². The fraction of sp³-hybridized carbons (Fsp3) is 0.667. The molecule has 2 heterocycles. The van der Waals surface area contributed by atoms with E-state index >= 15 is 0 Å². The van der Waals surface area contributed by atoms with Gasteiger partial charge in [0, 0.05) is 32.9 Å². The van der Waals surface area contributed by atoms with Gasteiger partial charge in [0.15, 0.2) is 0 Å². The molecular formula is C15H26N4O3S. The zero-order chi connectivity index (χ0) is 17.0. The molecule has 1 aromatic rings. The average molecular weight is 342 g/mol. The van der Waals surface area contributed by atoms with Gasteiger partial charge in [-0.05, 0) is 37.8 Å². The number of aryl methyl sites for hydroxylation is 1. The minimum atomic E-state index is -3.54. The minimum Gasteiger partial charge on any atom is -0.351 e. The zero-order valence-electron chi connectivity index (χ0n) is 13.8. The van der Waals surface area contributed by atoms with Crippen molar-refractivity contribution in [2.45, 2.75) is 31.1 Å². The first-order chi connectivity index (χ1) is 10.9. The van der Waals surface area contributed by atoms with E-state index in [1.54, 1.807) is 11.6 Å². The number of amides is 1. The summed E-state index contributed by atoms with van der Waals surface area (Å²) in [6, 6.07) is 1.45. The standard InChI is InChI=1S/C15H26N4O3S/c1-12-5-3-8-19(10-12)23(21,22)13-9-14(18(2)11-13)15(20)17-7-4-6-16/h9,11-12H,3-8,10,16H2,1-2H3,(H,17,20). The molecule has 1 aliphatic rings. The van der Waals surface area contributed by atoms with Crippen molar-refractivity contribution in [3.63, 3.8) is 0 Å². The Morgan fingerprint density at radius 1 is 1.48 bits per heavy atom. The molecule has 0 saturated carbocycles. The molecule has 1 amide bonds. The third-order valence-electron chi connectivity index (χ3n) is 4.14. The summed E-state index contributed by atoms with van der Waals surface area (Å²) in [5.41, 5.74) is 5.74. The number of nitrogens with zero attached hydrogens (tertiary/aromatic N) is 2. The molecule has 1 fully saturated rings. The maximum absolute atomic E-state index is 12.7. The van der Waals surface area contributed by atoms with Crippen LogP contribution in [0.5, 0.6) is 0 Å². The van der Waals surface area contributed by atoms with Crippen molar-refractivity contribution in [1.82, 2.24) is 14.2 Å². The Hall–Kier alpha value is -1.38. The van der Waals surface area contributed by atoms with Gasteiger partial charge in [0.25, 0.3) is 5.91 Å². The van der Waals surface area contributed by atoms with E-state index in [1.807, 2.05) is 0 Å². The van der Waals surface area contributed by atoms with Gasteiger partial charge in [0.05, 0.1) is 0 Å². The van der Waals surface area contributed by atoms with Crippen LogP contribution in [0.2, 0.25) is 0 Å². The molecule has 23 heavy (non-hydrogen) atoms. The van der Waals surface area contributed by atoms with Crippen LogP contribution in [0.4, 0.5) is 0 Å². The summed E-state index contributed by atoms with van der Waals surface area (Å²) in [4.78, 5) is 12.3. The Kier molecular flexibility index (Phi) is 5.83. The molecule has 1 unspecified atom stereocenters. The number of nitrogens with two attached hydrogens (primary N) is 1. The summed E-state index contributed by atoms with van der Waals surface area (Å²) < 4.78 is 28.6. The lowest BCUT2D eigenvalue weighted by atomic mass is 10.0. The lowest BCUT2D eigenvalue weighted by molar-refractivity contribution is 0.0945. The molecular weight excluding hydrogens is 316 g/mol. The molecule has 1 saturated heterocycles. The first kappa shape index (κ1) is 18.0. The minimum absolute atomic E-state index is 0.179. The summed E-state index contributed by atoms with van der Waals surface area (Å²) in [7, 11) is -1.87. The molecule has 8 heteroatoms. The first-order valence-corrected chi connectivity index (χ1v) is 9.45. The van der Waals surface area contributed by atoms with Crippen molar-refractivity contribution in [2.24, 2.45) is 18.7 Å². The summed E-state index contributed by atoms with van der Waals surface area (Å²) in [6.45, 7) is 4.12. The number of sulfonamides is 1. The van der Waals surface area contributed by atoms with Gasteiger partial charge in [0.1, 0.15) is 10.6 Å². The van der Waals surface area contributed by atoms with Gasteiger partial charge in [0.2, 0.25) is 10.0 Å². The molecule has 3 N–H and O–H groups in total. The van der Waals surface area contributed by atoms with Crippen molar-refractivity contribution in [3.05, 3.63) is 18.0 Å². The fourth-order valence-electron chi connectivity index (χ4n) is 2.81. The van der Waals surface area contributed by atoms with Crippen LogP contribution in [-0.4, -0.2) is 49.4 Å². The largest absolute Gasteiger partial charge is 0.351 e. The number of nitrogens with one attached hydrogen (secondary N) is 1. The van der Waals surface area contributed by atoms with E-state index in [0.717, 1.165) is 12.8 Å². The van der Waals surface area contributed by atoms with Gasteiger partial charge in [-0.25, -0.2) is 8.42 Å². The zero-order valence-corrected chi connectivity index (χ0v) is 14.6. The molecule has 130 valence electrons. The van der Waals surface area contributed by atoms with Crippen molar-refractivity contribution in [1.29, 1.82) is 0 Å². The second kappa shape index (κ2) is 7.46. The van der Waals surface area contributed by atoms with Gasteiger partial charge in [-0.2, -0.15) is 4.31 Å².